The number of rotatable bonds is 3. The van der Waals surface area contributed by atoms with Crippen LogP contribution in [0.5, 0.6) is 5.75 Å². The predicted molar refractivity (Wildman–Crippen MR) is 83.0 cm³/mol. The summed E-state index contributed by atoms with van der Waals surface area (Å²) in [5.41, 5.74) is 4.78. The highest BCUT2D eigenvalue weighted by molar-refractivity contribution is 9.10. The van der Waals surface area contributed by atoms with Gasteiger partial charge < -0.3 is 15.3 Å². The molecule has 2 rings (SSSR count). The lowest BCUT2D eigenvalue weighted by atomic mass is 9.95. The molecule has 0 unspecified atom stereocenters. The van der Waals surface area contributed by atoms with Crippen LogP contribution in [0.15, 0.2) is 4.47 Å². The number of piperazine rings is 1. The van der Waals surface area contributed by atoms with Crippen molar-refractivity contribution >= 4 is 15.9 Å². The first kappa shape index (κ1) is 14.8. The van der Waals surface area contributed by atoms with Gasteiger partial charge in [-0.3, -0.25) is 0 Å². The summed E-state index contributed by atoms with van der Waals surface area (Å²) in [6.45, 7) is 11.7. The van der Waals surface area contributed by atoms with Gasteiger partial charge in [0.2, 0.25) is 0 Å². The third kappa shape index (κ3) is 3.12. The van der Waals surface area contributed by atoms with Gasteiger partial charge in [0.05, 0.1) is 4.47 Å². The monoisotopic (exact) mass is 326 g/mol. The molecular formula is C15H23BrN2O. The van der Waals surface area contributed by atoms with E-state index in [1.54, 1.807) is 0 Å². The van der Waals surface area contributed by atoms with E-state index in [-0.39, 0.29) is 0 Å². The summed E-state index contributed by atoms with van der Waals surface area (Å²) >= 11 is 3.51. The lowest BCUT2D eigenvalue weighted by molar-refractivity contribution is 0.243. The third-order valence-electron chi connectivity index (χ3n) is 4.25. The molecule has 0 amide bonds. The summed E-state index contributed by atoms with van der Waals surface area (Å²) in [6, 6.07) is 0. The quantitative estimate of drug-likeness (QED) is 0.896. The molecule has 0 radical (unpaired) electrons. The molecule has 0 aliphatic carbocycles. The Hall–Kier alpha value is -0.580. The van der Waals surface area contributed by atoms with Crippen LogP contribution in [0, 0.1) is 20.8 Å². The molecule has 0 atom stereocenters. The summed E-state index contributed by atoms with van der Waals surface area (Å²) in [6.07, 6.45) is 1.05. The van der Waals surface area contributed by atoms with E-state index in [4.69, 9.17) is 0 Å². The summed E-state index contributed by atoms with van der Waals surface area (Å²) in [4.78, 5) is 2.51. The van der Waals surface area contributed by atoms with E-state index in [0.717, 1.165) is 49.2 Å². The summed E-state index contributed by atoms with van der Waals surface area (Å²) in [5.74, 6) is 0.390. The van der Waals surface area contributed by atoms with Crippen molar-refractivity contribution in [2.75, 3.05) is 32.7 Å². The van der Waals surface area contributed by atoms with Crippen LogP contribution in [0.4, 0.5) is 0 Å². The Morgan fingerprint density at radius 1 is 1.11 bits per heavy atom. The molecule has 2 N–H and O–H groups in total. The fourth-order valence-corrected chi connectivity index (χ4v) is 3.28. The van der Waals surface area contributed by atoms with Crippen LogP contribution in [0.2, 0.25) is 0 Å². The fraction of sp³-hybridized carbons (Fsp3) is 0.600. The smallest absolute Gasteiger partial charge is 0.133 e. The number of phenolic OH excluding ortho intramolecular Hbond substituents is 1. The molecule has 1 saturated heterocycles. The Balaban J connectivity index is 2.15. The van der Waals surface area contributed by atoms with Gasteiger partial charge in [0.1, 0.15) is 5.75 Å². The summed E-state index contributed by atoms with van der Waals surface area (Å²) in [5, 5.41) is 13.4. The van der Waals surface area contributed by atoms with E-state index in [2.05, 4.69) is 40.0 Å². The highest BCUT2D eigenvalue weighted by Crippen LogP contribution is 2.36. The van der Waals surface area contributed by atoms with Crippen molar-refractivity contribution in [3.8, 4) is 5.75 Å². The molecule has 1 aromatic carbocycles. The zero-order valence-electron chi connectivity index (χ0n) is 12.0. The van der Waals surface area contributed by atoms with Crippen LogP contribution in [-0.2, 0) is 6.42 Å². The number of nitrogens with zero attached hydrogens (tertiary/aromatic N) is 1. The number of benzene rings is 1. The maximum absolute atomic E-state index is 10.0. The first-order chi connectivity index (χ1) is 9.02. The zero-order valence-corrected chi connectivity index (χ0v) is 13.6. The first-order valence-electron chi connectivity index (χ1n) is 6.92. The van der Waals surface area contributed by atoms with Gasteiger partial charge in [-0.05, 0) is 65.4 Å². The molecule has 0 aromatic heterocycles. The maximum atomic E-state index is 10.0. The Morgan fingerprint density at radius 3 is 2.37 bits per heavy atom. The van der Waals surface area contributed by atoms with Gasteiger partial charge in [-0.1, -0.05) is 0 Å². The van der Waals surface area contributed by atoms with E-state index in [1.807, 2.05) is 6.92 Å². The minimum Gasteiger partial charge on any atom is -0.506 e. The fourth-order valence-electron chi connectivity index (χ4n) is 2.74. The second-order valence-corrected chi connectivity index (χ2v) is 6.15. The molecule has 1 heterocycles. The predicted octanol–water partition coefficient (Wildman–Crippen LogP) is 2.53. The second kappa shape index (κ2) is 6.25. The van der Waals surface area contributed by atoms with Crippen molar-refractivity contribution in [1.29, 1.82) is 0 Å². The summed E-state index contributed by atoms with van der Waals surface area (Å²) in [7, 11) is 0. The Labute approximate surface area is 124 Å². The molecule has 0 saturated carbocycles. The van der Waals surface area contributed by atoms with Crippen molar-refractivity contribution in [2.24, 2.45) is 0 Å². The molecule has 1 aromatic rings. The molecule has 106 valence electrons. The zero-order chi connectivity index (χ0) is 14.0. The average molecular weight is 327 g/mol. The SMILES string of the molecule is Cc1c(C)c(CCN2CCNCC2)c(C)c(Br)c1O. The van der Waals surface area contributed by atoms with Gasteiger partial charge in [-0.2, -0.15) is 0 Å². The maximum Gasteiger partial charge on any atom is 0.133 e. The van der Waals surface area contributed by atoms with Crippen molar-refractivity contribution in [3.63, 3.8) is 0 Å². The highest BCUT2D eigenvalue weighted by atomic mass is 79.9. The molecule has 1 fully saturated rings. The minimum absolute atomic E-state index is 0.390. The van der Waals surface area contributed by atoms with Gasteiger partial charge in [0.15, 0.2) is 0 Å². The molecule has 1 aliphatic heterocycles. The lowest BCUT2D eigenvalue weighted by Gasteiger charge is -2.28. The number of aromatic hydroxyl groups is 1. The van der Waals surface area contributed by atoms with Crippen LogP contribution in [-0.4, -0.2) is 42.7 Å². The van der Waals surface area contributed by atoms with Crippen molar-refractivity contribution < 1.29 is 5.11 Å². The second-order valence-electron chi connectivity index (χ2n) is 5.36. The van der Waals surface area contributed by atoms with Crippen molar-refractivity contribution in [2.45, 2.75) is 27.2 Å². The molecule has 19 heavy (non-hydrogen) atoms. The van der Waals surface area contributed by atoms with Crippen LogP contribution in [0.1, 0.15) is 22.3 Å². The van der Waals surface area contributed by atoms with Gasteiger partial charge in [0, 0.05) is 32.7 Å². The highest BCUT2D eigenvalue weighted by Gasteiger charge is 2.16. The topological polar surface area (TPSA) is 35.5 Å². The Kier molecular flexibility index (Phi) is 4.87. The molecule has 0 spiro atoms. The van der Waals surface area contributed by atoms with E-state index in [1.165, 1.54) is 16.7 Å². The van der Waals surface area contributed by atoms with Crippen LogP contribution in [0.25, 0.3) is 0 Å². The van der Waals surface area contributed by atoms with E-state index >= 15 is 0 Å². The number of hydrogen-bond acceptors (Lipinski definition) is 3. The van der Waals surface area contributed by atoms with Crippen molar-refractivity contribution in [1.82, 2.24) is 10.2 Å². The minimum atomic E-state index is 0.390. The van der Waals surface area contributed by atoms with E-state index in [9.17, 15) is 5.11 Å². The standard InChI is InChI=1S/C15H23BrN2O/c1-10-11(2)15(19)14(16)12(3)13(10)4-7-18-8-5-17-6-9-18/h17,19H,4-9H2,1-3H3. The first-order valence-corrected chi connectivity index (χ1v) is 7.71. The third-order valence-corrected chi connectivity index (χ3v) is 5.22. The van der Waals surface area contributed by atoms with Crippen molar-refractivity contribution in [3.05, 3.63) is 26.7 Å². The molecule has 0 bridgehead atoms. The van der Waals surface area contributed by atoms with Gasteiger partial charge in [0.25, 0.3) is 0 Å². The normalized spacial score (nSPS) is 16.8. The summed E-state index contributed by atoms with van der Waals surface area (Å²) < 4.78 is 0.853. The Morgan fingerprint density at radius 2 is 1.74 bits per heavy atom. The lowest BCUT2D eigenvalue weighted by Crippen LogP contribution is -2.44. The van der Waals surface area contributed by atoms with Gasteiger partial charge in [-0.25, -0.2) is 0 Å². The Bertz CT molecular complexity index is 439. The van der Waals surface area contributed by atoms with Gasteiger partial charge >= 0.3 is 0 Å². The molecule has 1 aliphatic rings. The molecule has 3 nitrogen and oxygen atoms in total. The molecular weight excluding hydrogens is 304 g/mol. The van der Waals surface area contributed by atoms with Gasteiger partial charge in [-0.15, -0.1) is 0 Å². The largest absolute Gasteiger partial charge is 0.506 e. The van der Waals surface area contributed by atoms with Crippen LogP contribution < -0.4 is 5.32 Å². The average Bonchev–Trinajstić information content (AvgIpc) is 2.44. The van der Waals surface area contributed by atoms with E-state index in [0.29, 0.717) is 5.75 Å². The van der Waals surface area contributed by atoms with Crippen LogP contribution in [0.3, 0.4) is 0 Å². The number of nitrogens with one attached hydrogen (secondary N) is 1. The molecule has 4 heteroatoms. The van der Waals surface area contributed by atoms with Crippen LogP contribution >= 0.6 is 15.9 Å². The number of halogens is 1. The number of hydrogen-bond donors (Lipinski definition) is 2. The number of phenols is 1. The van der Waals surface area contributed by atoms with E-state index < -0.39 is 0 Å².